The van der Waals surface area contributed by atoms with Gasteiger partial charge in [-0.15, -0.1) is 0 Å². The molecule has 0 bridgehead atoms. The lowest BCUT2D eigenvalue weighted by atomic mass is 9.75. The molecule has 1 aromatic carbocycles. The first kappa shape index (κ1) is 21.8. The van der Waals surface area contributed by atoms with Crippen LogP contribution in [0.1, 0.15) is 63.9 Å². The molecule has 0 radical (unpaired) electrons. The maximum atomic E-state index is 13.1. The number of hydrogen-bond donors (Lipinski definition) is 3. The molecule has 1 aliphatic rings. The van der Waals surface area contributed by atoms with Gasteiger partial charge in [-0.05, 0) is 29.5 Å². The zero-order valence-corrected chi connectivity index (χ0v) is 16.4. The number of amides is 1. The zero-order valence-electron chi connectivity index (χ0n) is 16.4. The Labute approximate surface area is 170 Å². The van der Waals surface area contributed by atoms with Gasteiger partial charge in [-0.3, -0.25) is 14.4 Å². The number of fused-ring (bicyclic) bond motifs is 1. The number of rotatable bonds is 4. The van der Waals surface area contributed by atoms with Crippen LogP contribution < -0.4 is 10.9 Å². The number of Topliss-reactive ketones (excluding diaryl/α,β-unsaturated/α-hetero) is 1. The number of pyridine rings is 1. The van der Waals surface area contributed by atoms with Gasteiger partial charge in [0, 0.05) is 24.2 Å². The van der Waals surface area contributed by atoms with E-state index >= 15 is 0 Å². The lowest BCUT2D eigenvalue weighted by Crippen LogP contribution is -2.36. The highest BCUT2D eigenvalue weighted by Crippen LogP contribution is 2.35. The van der Waals surface area contributed by atoms with Crippen LogP contribution in [0.25, 0.3) is 0 Å². The second kappa shape index (κ2) is 7.71. The van der Waals surface area contributed by atoms with Crippen molar-refractivity contribution >= 4 is 11.7 Å². The van der Waals surface area contributed by atoms with Gasteiger partial charge in [0.2, 0.25) is 0 Å². The molecular formula is C21H21F3N2O4. The summed E-state index contributed by atoms with van der Waals surface area (Å²) in [4.78, 5) is 39.7. The third kappa shape index (κ3) is 4.46. The molecule has 9 heteroatoms. The van der Waals surface area contributed by atoms with Crippen LogP contribution in [-0.2, 0) is 12.6 Å². The third-order valence-electron chi connectivity index (χ3n) is 5.04. The standard InChI is InChI=1S/C21H21F3N2O4/c1-20(2)8-15-12(16(27)9-20)7-13(19(30)26-15)18(29)25-10-17(28)11-5-3-4-6-14(11)21(22,23)24/h3-7,17,28H,8-10H2,1-2H3,(H,25,29)(H,26,30). The first-order chi connectivity index (χ1) is 13.9. The lowest BCUT2D eigenvalue weighted by molar-refractivity contribution is -0.139. The first-order valence-corrected chi connectivity index (χ1v) is 9.31. The van der Waals surface area contributed by atoms with Crippen LogP contribution in [0, 0.1) is 5.41 Å². The monoisotopic (exact) mass is 422 g/mol. The molecule has 3 rings (SSSR count). The minimum Gasteiger partial charge on any atom is -0.387 e. The molecule has 1 atom stereocenters. The molecule has 0 aliphatic heterocycles. The van der Waals surface area contributed by atoms with E-state index in [4.69, 9.17) is 0 Å². The summed E-state index contributed by atoms with van der Waals surface area (Å²) < 4.78 is 39.3. The molecule has 0 saturated carbocycles. The van der Waals surface area contributed by atoms with E-state index < -0.39 is 35.9 Å². The van der Waals surface area contributed by atoms with Gasteiger partial charge < -0.3 is 15.4 Å². The largest absolute Gasteiger partial charge is 0.416 e. The first-order valence-electron chi connectivity index (χ1n) is 9.31. The molecule has 1 aliphatic carbocycles. The van der Waals surface area contributed by atoms with Crippen LogP contribution in [0.3, 0.4) is 0 Å². The summed E-state index contributed by atoms with van der Waals surface area (Å²) in [5, 5.41) is 12.4. The molecule has 6 nitrogen and oxygen atoms in total. The van der Waals surface area contributed by atoms with Crippen molar-refractivity contribution in [1.29, 1.82) is 0 Å². The van der Waals surface area contributed by atoms with E-state index in [2.05, 4.69) is 10.3 Å². The molecule has 2 aromatic rings. The van der Waals surface area contributed by atoms with Crippen molar-refractivity contribution in [2.45, 2.75) is 39.0 Å². The van der Waals surface area contributed by atoms with E-state index in [9.17, 15) is 32.7 Å². The van der Waals surface area contributed by atoms with Gasteiger partial charge in [0.25, 0.3) is 11.5 Å². The van der Waals surface area contributed by atoms with E-state index in [0.29, 0.717) is 12.1 Å². The van der Waals surface area contributed by atoms with Gasteiger partial charge in [-0.25, -0.2) is 0 Å². The number of alkyl halides is 3. The van der Waals surface area contributed by atoms with Crippen molar-refractivity contribution in [3.63, 3.8) is 0 Å². The van der Waals surface area contributed by atoms with Crippen molar-refractivity contribution < 1.29 is 27.9 Å². The van der Waals surface area contributed by atoms with Gasteiger partial charge in [-0.1, -0.05) is 32.0 Å². The summed E-state index contributed by atoms with van der Waals surface area (Å²) >= 11 is 0. The smallest absolute Gasteiger partial charge is 0.387 e. The van der Waals surface area contributed by atoms with Crippen molar-refractivity contribution in [1.82, 2.24) is 10.3 Å². The summed E-state index contributed by atoms with van der Waals surface area (Å²) in [5.41, 5.74) is -2.04. The van der Waals surface area contributed by atoms with Crippen LogP contribution in [0.5, 0.6) is 0 Å². The number of aliphatic hydroxyl groups excluding tert-OH is 1. The van der Waals surface area contributed by atoms with E-state index in [1.165, 1.54) is 18.2 Å². The van der Waals surface area contributed by atoms with Crippen LogP contribution in [-0.4, -0.2) is 28.3 Å². The minimum absolute atomic E-state index is 0.203. The fourth-order valence-corrected chi connectivity index (χ4v) is 3.64. The SMILES string of the molecule is CC1(C)CC(=O)c2cc(C(=O)NCC(O)c3ccccc3C(F)(F)F)c(=O)[nH]c2C1. The van der Waals surface area contributed by atoms with Crippen molar-refractivity contribution in [3.8, 4) is 0 Å². The third-order valence-corrected chi connectivity index (χ3v) is 5.04. The van der Waals surface area contributed by atoms with Gasteiger partial charge >= 0.3 is 6.18 Å². The summed E-state index contributed by atoms with van der Waals surface area (Å²) in [6, 6.07) is 5.70. The van der Waals surface area contributed by atoms with Gasteiger partial charge in [-0.2, -0.15) is 13.2 Å². The van der Waals surface area contributed by atoms with E-state index in [-0.39, 0.29) is 34.3 Å². The van der Waals surface area contributed by atoms with Crippen molar-refractivity contribution in [2.24, 2.45) is 5.41 Å². The summed E-state index contributed by atoms with van der Waals surface area (Å²) in [6.07, 6.45) is -5.56. The molecule has 3 N–H and O–H groups in total. The molecule has 160 valence electrons. The fraction of sp³-hybridized carbons (Fsp3) is 0.381. The van der Waals surface area contributed by atoms with Gasteiger partial charge in [0.1, 0.15) is 5.56 Å². The predicted octanol–water partition coefficient (Wildman–Crippen LogP) is 3.01. The summed E-state index contributed by atoms with van der Waals surface area (Å²) in [5.74, 6) is -1.09. The highest BCUT2D eigenvalue weighted by molar-refractivity contribution is 6.02. The molecule has 1 aromatic heterocycles. The Balaban J connectivity index is 1.79. The van der Waals surface area contributed by atoms with Crippen LogP contribution in [0.15, 0.2) is 35.1 Å². The fourth-order valence-electron chi connectivity index (χ4n) is 3.64. The van der Waals surface area contributed by atoms with E-state index in [0.717, 1.165) is 12.1 Å². The molecule has 1 heterocycles. The average molecular weight is 422 g/mol. The number of hydrogen-bond acceptors (Lipinski definition) is 4. The Hall–Kier alpha value is -2.94. The molecule has 0 fully saturated rings. The topological polar surface area (TPSA) is 99.3 Å². The number of carbonyl (C=O) groups excluding carboxylic acids is 2. The Morgan fingerprint density at radius 3 is 2.57 bits per heavy atom. The maximum absolute atomic E-state index is 13.1. The van der Waals surface area contributed by atoms with Crippen LogP contribution >= 0.6 is 0 Å². The number of halogens is 3. The normalized spacial score (nSPS) is 16.7. The molecule has 30 heavy (non-hydrogen) atoms. The maximum Gasteiger partial charge on any atom is 0.416 e. The summed E-state index contributed by atoms with van der Waals surface area (Å²) in [7, 11) is 0. The van der Waals surface area contributed by atoms with Crippen LogP contribution in [0.2, 0.25) is 0 Å². The molecule has 1 unspecified atom stereocenters. The Kier molecular flexibility index (Phi) is 5.60. The number of aliphatic hydroxyl groups is 1. The Bertz CT molecular complexity index is 1060. The second-order valence-corrected chi connectivity index (χ2v) is 8.16. The highest BCUT2D eigenvalue weighted by Gasteiger charge is 2.35. The number of H-pyrrole nitrogens is 1. The number of aromatic nitrogens is 1. The van der Waals surface area contributed by atoms with Gasteiger partial charge in [0.05, 0.1) is 11.7 Å². The van der Waals surface area contributed by atoms with Crippen LogP contribution in [0.4, 0.5) is 13.2 Å². The second-order valence-electron chi connectivity index (χ2n) is 8.16. The lowest BCUT2D eigenvalue weighted by Gasteiger charge is -2.29. The molecular weight excluding hydrogens is 401 g/mol. The van der Waals surface area contributed by atoms with E-state index in [1.54, 1.807) is 0 Å². The predicted molar refractivity (Wildman–Crippen MR) is 102 cm³/mol. The average Bonchev–Trinajstić information content (AvgIpc) is 2.63. The highest BCUT2D eigenvalue weighted by atomic mass is 19.4. The number of benzene rings is 1. The zero-order chi connectivity index (χ0) is 22.3. The Morgan fingerprint density at radius 1 is 1.23 bits per heavy atom. The molecule has 0 saturated heterocycles. The Morgan fingerprint density at radius 2 is 1.90 bits per heavy atom. The summed E-state index contributed by atoms with van der Waals surface area (Å²) in [6.45, 7) is 3.25. The van der Waals surface area contributed by atoms with Gasteiger partial charge in [0.15, 0.2) is 5.78 Å². The van der Waals surface area contributed by atoms with E-state index in [1.807, 2.05) is 13.8 Å². The number of aromatic amines is 1. The number of ketones is 1. The van der Waals surface area contributed by atoms with Crippen molar-refractivity contribution in [2.75, 3.05) is 6.54 Å². The molecule has 1 amide bonds. The molecule has 0 spiro atoms. The number of nitrogens with one attached hydrogen (secondary N) is 2. The van der Waals surface area contributed by atoms with Crippen molar-refractivity contribution in [3.05, 3.63) is 68.6 Å². The number of carbonyl (C=O) groups is 2. The minimum atomic E-state index is -4.66. The quantitative estimate of drug-likeness (QED) is 0.705.